The minimum absolute atomic E-state index is 0.106. The van der Waals surface area contributed by atoms with Crippen LogP contribution >= 0.6 is 15.6 Å². The molecule has 0 aromatic rings. The molecule has 0 aliphatic carbocycles. The van der Waals surface area contributed by atoms with E-state index in [1.54, 1.807) is 0 Å². The van der Waals surface area contributed by atoms with Crippen molar-refractivity contribution in [2.45, 2.75) is 471 Å². The van der Waals surface area contributed by atoms with Gasteiger partial charge >= 0.3 is 39.5 Å². The third-order valence-electron chi connectivity index (χ3n) is 20.1. The number of rotatable bonds is 84. The minimum Gasteiger partial charge on any atom is -0.462 e. The second-order valence-electron chi connectivity index (χ2n) is 32.4. The van der Waals surface area contributed by atoms with E-state index in [-0.39, 0.29) is 25.7 Å². The highest BCUT2D eigenvalue weighted by Crippen LogP contribution is 2.45. The molecule has 17 nitrogen and oxygen atoms in total. The SMILES string of the molecule is CCCCCCCCCCCCCCCCCCCCCCCC(=O)O[C@H](COC(=O)CCCCCCCCCCCCCCCCCC(C)C)COP(=O)(O)OC[C@@H](O)COP(=O)(O)OC[C@@H](COC(=O)CCCCCCCCCCC(C)C)OC(=O)CCCCCCCCCCCCCCC(C)C. The number of aliphatic hydroxyl groups is 1. The maximum absolute atomic E-state index is 13.1. The molecule has 3 N–H and O–H groups in total. The lowest BCUT2D eigenvalue weighted by atomic mass is 10.0. The van der Waals surface area contributed by atoms with Crippen LogP contribution in [0.1, 0.15) is 453 Å². The average molecular weight is 1540 g/mol. The zero-order chi connectivity index (χ0) is 77.2. The predicted octanol–water partition coefficient (Wildman–Crippen LogP) is 26.1. The van der Waals surface area contributed by atoms with E-state index >= 15 is 0 Å². The molecule has 5 atom stereocenters. The van der Waals surface area contributed by atoms with Gasteiger partial charge in [0.15, 0.2) is 12.2 Å². The molecule has 19 heteroatoms. The predicted molar refractivity (Wildman–Crippen MR) is 432 cm³/mol. The molecule has 0 heterocycles. The average Bonchev–Trinajstić information content (AvgIpc) is 0.926. The Morgan fingerprint density at radius 2 is 0.438 bits per heavy atom. The van der Waals surface area contributed by atoms with Crippen LogP contribution in [0.15, 0.2) is 0 Å². The maximum Gasteiger partial charge on any atom is 0.472 e. The largest absolute Gasteiger partial charge is 0.472 e. The Bertz CT molecular complexity index is 2030. The van der Waals surface area contributed by atoms with Gasteiger partial charge in [-0.1, -0.05) is 402 Å². The number of phosphoric ester groups is 2. The van der Waals surface area contributed by atoms with Crippen molar-refractivity contribution in [3.63, 3.8) is 0 Å². The summed E-state index contributed by atoms with van der Waals surface area (Å²) in [5, 5.41) is 10.7. The summed E-state index contributed by atoms with van der Waals surface area (Å²) < 4.78 is 68.9. The van der Waals surface area contributed by atoms with E-state index < -0.39 is 97.5 Å². The van der Waals surface area contributed by atoms with Gasteiger partial charge in [0.2, 0.25) is 0 Å². The molecule has 0 saturated heterocycles. The van der Waals surface area contributed by atoms with Gasteiger partial charge in [0.25, 0.3) is 0 Å². The van der Waals surface area contributed by atoms with E-state index in [1.165, 1.54) is 263 Å². The molecule has 0 saturated carbocycles. The van der Waals surface area contributed by atoms with E-state index in [4.69, 9.17) is 37.0 Å². The van der Waals surface area contributed by atoms with Crippen LogP contribution in [-0.2, 0) is 65.4 Å². The number of esters is 4. The molecule has 105 heavy (non-hydrogen) atoms. The molecule has 0 aromatic carbocycles. The molecule has 0 radical (unpaired) electrons. The van der Waals surface area contributed by atoms with Crippen LogP contribution in [-0.4, -0.2) is 96.7 Å². The monoisotopic (exact) mass is 1540 g/mol. The van der Waals surface area contributed by atoms with Crippen LogP contribution < -0.4 is 0 Å². The summed E-state index contributed by atoms with van der Waals surface area (Å²) >= 11 is 0. The standard InChI is InChI=1S/C86H168O17P2/c1-8-9-10-11-12-13-14-15-16-17-18-19-20-21-24-28-34-39-48-55-62-69-85(90)102-81(73-96-83(88)67-60-53-46-38-33-27-25-22-23-26-31-36-43-50-57-64-77(2)3)75-100-104(92,93)98-71-80(87)72-99-105(94,95)101-76-82(74-97-84(89)68-61-54-47-42-41-45-52-59-66-79(6)7)103-86(91)70-63-56-49-40-35-30-29-32-37-44-51-58-65-78(4)5/h77-82,87H,8-76H2,1-7H3,(H,92,93)(H,94,95)/t80-,81-,82-/m1/s1. The number of carbonyl (C=O) groups excluding carboxylic acids is 4. The Hall–Kier alpha value is -1.94. The van der Waals surface area contributed by atoms with E-state index in [1.807, 2.05) is 0 Å². The summed E-state index contributed by atoms with van der Waals surface area (Å²) in [4.78, 5) is 73.2. The number of carbonyl (C=O) groups is 4. The third-order valence-corrected chi connectivity index (χ3v) is 22.0. The van der Waals surface area contributed by atoms with Crippen molar-refractivity contribution in [2.24, 2.45) is 17.8 Å². The molecule has 624 valence electrons. The first-order chi connectivity index (χ1) is 50.7. The van der Waals surface area contributed by atoms with Crippen molar-refractivity contribution < 1.29 is 80.2 Å². The normalized spacial score (nSPS) is 13.9. The lowest BCUT2D eigenvalue weighted by Crippen LogP contribution is -2.30. The van der Waals surface area contributed by atoms with E-state index in [0.717, 1.165) is 108 Å². The molecule has 0 amide bonds. The van der Waals surface area contributed by atoms with Crippen LogP contribution in [0.3, 0.4) is 0 Å². The van der Waals surface area contributed by atoms with Crippen molar-refractivity contribution in [1.82, 2.24) is 0 Å². The fraction of sp³-hybridized carbons (Fsp3) is 0.953. The summed E-state index contributed by atoms with van der Waals surface area (Å²) in [7, 11) is -9.93. The molecule has 0 aliphatic heterocycles. The fourth-order valence-electron chi connectivity index (χ4n) is 13.4. The van der Waals surface area contributed by atoms with Gasteiger partial charge in [-0.25, -0.2) is 9.13 Å². The van der Waals surface area contributed by atoms with Crippen LogP contribution in [0.4, 0.5) is 0 Å². The zero-order valence-corrected chi connectivity index (χ0v) is 71.0. The Balaban J connectivity index is 5.24. The molecular weight excluding hydrogens is 1370 g/mol. The molecule has 0 bridgehead atoms. The summed E-state index contributed by atoms with van der Waals surface area (Å²) in [5.41, 5.74) is 0. The number of ether oxygens (including phenoxy) is 4. The van der Waals surface area contributed by atoms with Crippen molar-refractivity contribution in [2.75, 3.05) is 39.6 Å². The molecule has 0 fully saturated rings. The minimum atomic E-state index is -4.97. The molecule has 2 unspecified atom stereocenters. The van der Waals surface area contributed by atoms with Crippen LogP contribution in [0.2, 0.25) is 0 Å². The number of aliphatic hydroxyl groups excluding tert-OH is 1. The molecule has 0 aliphatic rings. The van der Waals surface area contributed by atoms with Gasteiger partial charge in [-0.3, -0.25) is 37.3 Å². The first kappa shape index (κ1) is 103. The smallest absolute Gasteiger partial charge is 0.462 e. The van der Waals surface area contributed by atoms with Gasteiger partial charge in [-0.05, 0) is 43.4 Å². The van der Waals surface area contributed by atoms with Crippen molar-refractivity contribution in [3.8, 4) is 0 Å². The van der Waals surface area contributed by atoms with Crippen molar-refractivity contribution in [1.29, 1.82) is 0 Å². The molecular formula is C86H168O17P2. The van der Waals surface area contributed by atoms with Gasteiger partial charge in [0.05, 0.1) is 26.4 Å². The first-order valence-electron chi connectivity index (χ1n) is 44.3. The Morgan fingerprint density at radius 1 is 0.257 bits per heavy atom. The first-order valence-corrected chi connectivity index (χ1v) is 47.3. The van der Waals surface area contributed by atoms with Gasteiger partial charge < -0.3 is 33.8 Å². The Kier molecular flexibility index (Phi) is 74.7. The summed E-state index contributed by atoms with van der Waals surface area (Å²) in [6, 6.07) is 0. The highest BCUT2D eigenvalue weighted by molar-refractivity contribution is 7.47. The molecule has 0 aromatic heterocycles. The van der Waals surface area contributed by atoms with Gasteiger partial charge in [0, 0.05) is 25.7 Å². The summed E-state index contributed by atoms with van der Waals surface area (Å²) in [5.74, 6) is 0.204. The zero-order valence-electron chi connectivity index (χ0n) is 69.2. The fourth-order valence-corrected chi connectivity index (χ4v) is 14.9. The van der Waals surface area contributed by atoms with E-state index in [2.05, 4.69) is 48.5 Å². The Labute approximate surface area is 645 Å². The van der Waals surface area contributed by atoms with Crippen LogP contribution in [0, 0.1) is 17.8 Å². The van der Waals surface area contributed by atoms with Crippen molar-refractivity contribution >= 4 is 39.5 Å². The quantitative estimate of drug-likeness (QED) is 0.0222. The second kappa shape index (κ2) is 76.1. The highest BCUT2D eigenvalue weighted by Gasteiger charge is 2.30. The van der Waals surface area contributed by atoms with Gasteiger partial charge in [0.1, 0.15) is 19.3 Å². The number of phosphoric acid groups is 2. The van der Waals surface area contributed by atoms with Crippen LogP contribution in [0.5, 0.6) is 0 Å². The van der Waals surface area contributed by atoms with Crippen molar-refractivity contribution in [3.05, 3.63) is 0 Å². The molecule has 0 rings (SSSR count). The van der Waals surface area contributed by atoms with E-state index in [9.17, 15) is 43.2 Å². The number of hydrogen-bond donors (Lipinski definition) is 3. The van der Waals surface area contributed by atoms with Gasteiger partial charge in [-0.2, -0.15) is 0 Å². The van der Waals surface area contributed by atoms with E-state index in [0.29, 0.717) is 25.7 Å². The number of unbranched alkanes of at least 4 members (excludes halogenated alkanes) is 52. The second-order valence-corrected chi connectivity index (χ2v) is 35.3. The lowest BCUT2D eigenvalue weighted by molar-refractivity contribution is -0.161. The third kappa shape index (κ3) is 79.9. The highest BCUT2D eigenvalue weighted by atomic mass is 31.2. The topological polar surface area (TPSA) is 237 Å². The Morgan fingerprint density at radius 3 is 0.648 bits per heavy atom. The summed E-state index contributed by atoms with van der Waals surface area (Å²) in [6.07, 6.45) is 66.7. The molecule has 0 spiro atoms. The lowest BCUT2D eigenvalue weighted by Gasteiger charge is -2.21. The van der Waals surface area contributed by atoms with Gasteiger partial charge in [-0.15, -0.1) is 0 Å². The summed E-state index contributed by atoms with van der Waals surface area (Å²) in [6.45, 7) is 12.0. The number of hydrogen-bond acceptors (Lipinski definition) is 15. The maximum atomic E-state index is 13.1. The van der Waals surface area contributed by atoms with Crippen LogP contribution in [0.25, 0.3) is 0 Å².